The molecule has 6 rings (SSSR count). The molecule has 0 radical (unpaired) electrons. The van der Waals surface area contributed by atoms with Gasteiger partial charge in [-0.05, 0) is 0 Å². The van der Waals surface area contributed by atoms with Crippen molar-refractivity contribution in [1.82, 2.24) is 9.58 Å². The number of hydrogen-bond acceptors (Lipinski definition) is 5. The van der Waals surface area contributed by atoms with Crippen LogP contribution < -0.4 is 14.9 Å². The van der Waals surface area contributed by atoms with E-state index in [1.54, 1.807) is 21.7 Å². The number of halogens is 1. The number of carbonyl (C=O) groups excluding carboxylic acids is 1. The van der Waals surface area contributed by atoms with Crippen LogP contribution in [0.1, 0.15) is 33.2 Å². The standard InChI is InChI=1S/C24H20FN3O4Se/c25-15-5-6-16-14(11-15)13-33-19-4-2-1-3-17(19)21(16)28-20-12-32-10-9-26(20)24(31)22-23(30)18(29)7-8-27(22)28/h1-8,11,20-21,30H,9-10,12-13H2/t20-,21+/m1/s1. The number of nitrogens with zero attached hydrogens (tertiary/aromatic N) is 3. The number of pyridine rings is 1. The van der Waals surface area contributed by atoms with E-state index in [0.717, 1.165) is 22.0 Å². The molecule has 1 amide bonds. The van der Waals surface area contributed by atoms with Crippen LogP contribution in [0, 0.1) is 5.82 Å². The van der Waals surface area contributed by atoms with Crippen molar-refractivity contribution < 1.29 is 19.0 Å². The molecule has 0 unspecified atom stereocenters. The molecule has 0 bridgehead atoms. The first-order valence-electron chi connectivity index (χ1n) is 10.7. The Morgan fingerprint density at radius 1 is 1.09 bits per heavy atom. The van der Waals surface area contributed by atoms with Crippen molar-refractivity contribution in [3.8, 4) is 5.75 Å². The summed E-state index contributed by atoms with van der Waals surface area (Å²) in [5.74, 6) is -1.25. The molecule has 0 spiro atoms. The minimum absolute atomic E-state index is 0.0588. The van der Waals surface area contributed by atoms with E-state index >= 15 is 0 Å². The van der Waals surface area contributed by atoms with Gasteiger partial charge in [-0.25, -0.2) is 0 Å². The summed E-state index contributed by atoms with van der Waals surface area (Å²) in [6, 6.07) is 13.9. The maximum atomic E-state index is 14.2. The Kier molecular flexibility index (Phi) is 4.79. The van der Waals surface area contributed by atoms with Crippen LogP contribution in [0.2, 0.25) is 0 Å². The average Bonchev–Trinajstić information content (AvgIpc) is 2.98. The molecular weight excluding hydrogens is 492 g/mol. The van der Waals surface area contributed by atoms with Gasteiger partial charge in [-0.2, -0.15) is 0 Å². The molecular formula is C24H20FN3O4Se. The molecule has 2 atom stereocenters. The van der Waals surface area contributed by atoms with Gasteiger partial charge in [0, 0.05) is 0 Å². The molecule has 0 saturated carbocycles. The van der Waals surface area contributed by atoms with Crippen LogP contribution in [0.25, 0.3) is 0 Å². The summed E-state index contributed by atoms with van der Waals surface area (Å²) in [5, 5.41) is 13.4. The Labute approximate surface area is 195 Å². The van der Waals surface area contributed by atoms with E-state index in [2.05, 4.69) is 12.1 Å². The first-order valence-corrected chi connectivity index (χ1v) is 12.7. The number of aromatic hydroxyl groups is 1. The van der Waals surface area contributed by atoms with Crippen LogP contribution >= 0.6 is 0 Å². The summed E-state index contributed by atoms with van der Waals surface area (Å²) < 4.78 is 22.8. The van der Waals surface area contributed by atoms with Crippen LogP contribution in [0.3, 0.4) is 0 Å². The first kappa shape index (κ1) is 20.5. The van der Waals surface area contributed by atoms with Crippen LogP contribution in [0.5, 0.6) is 5.75 Å². The zero-order chi connectivity index (χ0) is 22.7. The first-order chi connectivity index (χ1) is 16.0. The van der Waals surface area contributed by atoms with Crippen molar-refractivity contribution in [3.05, 3.63) is 93.2 Å². The van der Waals surface area contributed by atoms with Gasteiger partial charge in [0.15, 0.2) is 0 Å². The fourth-order valence-electron chi connectivity index (χ4n) is 4.94. The summed E-state index contributed by atoms with van der Waals surface area (Å²) in [7, 11) is 0. The summed E-state index contributed by atoms with van der Waals surface area (Å²) >= 11 is 0.0940. The number of amides is 1. The van der Waals surface area contributed by atoms with Gasteiger partial charge >= 0.3 is 195 Å². The number of hydrogen-bond donors (Lipinski definition) is 1. The van der Waals surface area contributed by atoms with Crippen molar-refractivity contribution in [1.29, 1.82) is 0 Å². The monoisotopic (exact) mass is 513 g/mol. The average molecular weight is 512 g/mol. The van der Waals surface area contributed by atoms with Gasteiger partial charge in [0.25, 0.3) is 0 Å². The second-order valence-corrected chi connectivity index (χ2v) is 10.4. The molecule has 1 N–H and O–H groups in total. The van der Waals surface area contributed by atoms with Gasteiger partial charge in [0.1, 0.15) is 0 Å². The van der Waals surface area contributed by atoms with E-state index in [1.807, 2.05) is 17.1 Å². The van der Waals surface area contributed by atoms with Gasteiger partial charge < -0.3 is 0 Å². The fourth-order valence-corrected chi connectivity index (χ4v) is 7.21. The quantitative estimate of drug-likeness (QED) is 0.494. The van der Waals surface area contributed by atoms with Crippen molar-refractivity contribution in [2.75, 3.05) is 24.8 Å². The molecule has 9 heteroatoms. The van der Waals surface area contributed by atoms with Gasteiger partial charge in [-0.15, -0.1) is 0 Å². The molecule has 33 heavy (non-hydrogen) atoms. The van der Waals surface area contributed by atoms with E-state index in [0.29, 0.717) is 13.2 Å². The third-order valence-electron chi connectivity index (χ3n) is 6.44. The molecule has 3 aromatic rings. The zero-order valence-corrected chi connectivity index (χ0v) is 19.2. The maximum absolute atomic E-state index is 14.2. The predicted molar refractivity (Wildman–Crippen MR) is 120 cm³/mol. The zero-order valence-electron chi connectivity index (χ0n) is 17.5. The molecule has 4 heterocycles. The van der Waals surface area contributed by atoms with Gasteiger partial charge in [-0.3, -0.25) is 0 Å². The Bertz CT molecular complexity index is 1340. The second kappa shape index (κ2) is 7.73. The predicted octanol–water partition coefficient (Wildman–Crippen LogP) is 1.08. The normalized spacial score (nSPS) is 21.5. The van der Waals surface area contributed by atoms with Crippen LogP contribution in [-0.2, 0) is 10.1 Å². The fraction of sp³-hybridized carbons (Fsp3) is 0.250. The van der Waals surface area contributed by atoms with Crippen LogP contribution in [0.15, 0.2) is 59.5 Å². The van der Waals surface area contributed by atoms with Crippen molar-refractivity contribution in [2.24, 2.45) is 0 Å². The molecule has 2 aromatic carbocycles. The van der Waals surface area contributed by atoms with Gasteiger partial charge in [-0.1, -0.05) is 0 Å². The minimum atomic E-state index is -0.603. The van der Waals surface area contributed by atoms with E-state index in [-0.39, 0.29) is 39.1 Å². The molecule has 1 saturated heterocycles. The molecule has 168 valence electrons. The topological polar surface area (TPSA) is 75.0 Å². The Morgan fingerprint density at radius 2 is 1.94 bits per heavy atom. The van der Waals surface area contributed by atoms with Gasteiger partial charge in [0.2, 0.25) is 0 Å². The Hall–Kier alpha value is -3.13. The number of fused-ring (bicyclic) bond motifs is 4. The summed E-state index contributed by atoms with van der Waals surface area (Å²) in [6.07, 6.45) is 1.07. The number of rotatable bonds is 1. The summed E-state index contributed by atoms with van der Waals surface area (Å²) in [5.41, 5.74) is 2.26. The molecule has 3 aliphatic heterocycles. The van der Waals surface area contributed by atoms with E-state index in [1.165, 1.54) is 22.8 Å². The van der Waals surface area contributed by atoms with Crippen molar-refractivity contribution in [2.45, 2.75) is 17.5 Å². The number of aromatic nitrogens is 1. The van der Waals surface area contributed by atoms with Crippen molar-refractivity contribution >= 4 is 25.3 Å². The molecule has 3 aliphatic rings. The molecule has 1 fully saturated rings. The van der Waals surface area contributed by atoms with Crippen LogP contribution in [0.4, 0.5) is 4.39 Å². The van der Waals surface area contributed by atoms with E-state index in [4.69, 9.17) is 4.74 Å². The number of ether oxygens (including phenoxy) is 1. The third-order valence-corrected chi connectivity index (χ3v) is 8.82. The van der Waals surface area contributed by atoms with E-state index < -0.39 is 23.3 Å². The number of carbonyl (C=O) groups is 1. The van der Waals surface area contributed by atoms with E-state index in [9.17, 15) is 19.1 Å². The Balaban J connectivity index is 1.66. The second-order valence-electron chi connectivity index (χ2n) is 8.23. The number of benzene rings is 2. The molecule has 0 aliphatic carbocycles. The molecule has 7 nitrogen and oxygen atoms in total. The van der Waals surface area contributed by atoms with Gasteiger partial charge in [0.05, 0.1) is 0 Å². The Morgan fingerprint density at radius 3 is 2.82 bits per heavy atom. The molecule has 1 aromatic heterocycles. The number of morpholine rings is 1. The van der Waals surface area contributed by atoms with Crippen molar-refractivity contribution in [3.63, 3.8) is 0 Å². The SMILES string of the molecule is O=C1c2c(O)c(=O)ccn2N([C@H]2c3ccc(F)cc3C[Se]c3ccccc32)[C@@H]2COCCN12. The van der Waals surface area contributed by atoms with Crippen LogP contribution in [-0.4, -0.2) is 61.5 Å². The third kappa shape index (κ3) is 3.11. The summed E-state index contributed by atoms with van der Waals surface area (Å²) in [6.45, 7) is 0.996. The summed E-state index contributed by atoms with van der Waals surface area (Å²) in [4.78, 5) is 27.2.